The molecule has 1 N–H and O–H groups in total. The summed E-state index contributed by atoms with van der Waals surface area (Å²) >= 11 is 0. The highest BCUT2D eigenvalue weighted by molar-refractivity contribution is 6.15. The standard InChI is InChI=1S/C20H17N5O5/c1-13-22-23-24-25(13)16(9-14-5-3-2-4-6-14)20(27)28-11-19(26)21-15-7-8-17-18(10-15)30-12-29-17/h2-10H,11-12H2,1H3,(H,21,26). The zero-order valence-corrected chi connectivity index (χ0v) is 15.9. The molecule has 10 nitrogen and oxygen atoms in total. The number of amides is 1. The van der Waals surface area contributed by atoms with E-state index in [1.807, 2.05) is 30.3 Å². The highest BCUT2D eigenvalue weighted by Gasteiger charge is 2.19. The van der Waals surface area contributed by atoms with Crippen LogP contribution in [0.25, 0.3) is 11.8 Å². The van der Waals surface area contributed by atoms with E-state index in [-0.39, 0.29) is 12.5 Å². The van der Waals surface area contributed by atoms with Crippen LogP contribution in [0.3, 0.4) is 0 Å². The zero-order valence-electron chi connectivity index (χ0n) is 15.9. The summed E-state index contributed by atoms with van der Waals surface area (Å²) in [5.41, 5.74) is 1.33. The smallest absolute Gasteiger partial charge is 0.357 e. The van der Waals surface area contributed by atoms with Crippen molar-refractivity contribution >= 4 is 29.3 Å². The van der Waals surface area contributed by atoms with Crippen LogP contribution in [0, 0.1) is 6.92 Å². The predicted octanol–water partition coefficient (Wildman–Crippen LogP) is 1.89. The molecule has 10 heteroatoms. The van der Waals surface area contributed by atoms with E-state index in [0.29, 0.717) is 23.0 Å². The molecule has 0 fully saturated rings. The second-order valence-electron chi connectivity index (χ2n) is 6.27. The Hall–Kier alpha value is -4.21. The Morgan fingerprint density at radius 2 is 1.97 bits per heavy atom. The fourth-order valence-electron chi connectivity index (χ4n) is 2.74. The molecule has 2 aromatic carbocycles. The minimum absolute atomic E-state index is 0.0829. The van der Waals surface area contributed by atoms with Gasteiger partial charge in [-0.05, 0) is 41.1 Å². The SMILES string of the molecule is Cc1nnnn1C(=Cc1ccccc1)C(=O)OCC(=O)Nc1ccc2c(c1)OCO2. The van der Waals surface area contributed by atoms with E-state index in [1.54, 1.807) is 31.2 Å². The number of ether oxygens (including phenoxy) is 3. The Morgan fingerprint density at radius 3 is 2.73 bits per heavy atom. The molecule has 0 saturated carbocycles. The van der Waals surface area contributed by atoms with Crippen LogP contribution in [0.1, 0.15) is 11.4 Å². The summed E-state index contributed by atoms with van der Waals surface area (Å²) in [7, 11) is 0. The van der Waals surface area contributed by atoms with Crippen LogP contribution in [-0.4, -0.2) is 45.5 Å². The maximum absolute atomic E-state index is 12.7. The molecule has 4 rings (SSSR count). The van der Waals surface area contributed by atoms with Crippen molar-refractivity contribution in [2.45, 2.75) is 6.92 Å². The Bertz CT molecular complexity index is 1110. The minimum atomic E-state index is -0.741. The van der Waals surface area contributed by atoms with Crippen molar-refractivity contribution in [3.8, 4) is 11.5 Å². The van der Waals surface area contributed by atoms with E-state index in [2.05, 4.69) is 20.8 Å². The van der Waals surface area contributed by atoms with Crippen molar-refractivity contribution in [3.63, 3.8) is 0 Å². The molecule has 1 aliphatic rings. The van der Waals surface area contributed by atoms with Gasteiger partial charge in [-0.2, -0.15) is 4.68 Å². The first-order chi connectivity index (χ1) is 14.6. The van der Waals surface area contributed by atoms with Crippen LogP contribution < -0.4 is 14.8 Å². The highest BCUT2D eigenvalue weighted by atomic mass is 16.7. The Balaban J connectivity index is 1.44. The average molecular weight is 407 g/mol. The lowest BCUT2D eigenvalue weighted by atomic mass is 10.2. The molecule has 1 aromatic heterocycles. The number of aryl methyl sites for hydroxylation is 1. The lowest BCUT2D eigenvalue weighted by Crippen LogP contribution is -2.23. The van der Waals surface area contributed by atoms with E-state index >= 15 is 0 Å². The first-order valence-corrected chi connectivity index (χ1v) is 8.99. The summed E-state index contributed by atoms with van der Waals surface area (Å²) in [6.07, 6.45) is 1.58. The molecule has 0 spiro atoms. The molecule has 0 saturated heterocycles. The summed E-state index contributed by atoms with van der Waals surface area (Å²) in [6.45, 7) is 1.30. The van der Waals surface area contributed by atoms with Gasteiger partial charge in [0.15, 0.2) is 29.6 Å². The number of aromatic nitrogens is 4. The molecule has 0 bridgehead atoms. The number of tetrazole rings is 1. The maximum atomic E-state index is 12.7. The molecule has 30 heavy (non-hydrogen) atoms. The third-order valence-electron chi connectivity index (χ3n) is 4.16. The molecule has 0 atom stereocenters. The normalized spacial score (nSPS) is 12.5. The lowest BCUT2D eigenvalue weighted by Gasteiger charge is -2.10. The van der Waals surface area contributed by atoms with Gasteiger partial charge in [0.2, 0.25) is 6.79 Å². The van der Waals surface area contributed by atoms with Gasteiger partial charge in [-0.15, -0.1) is 5.10 Å². The van der Waals surface area contributed by atoms with Crippen LogP contribution in [0.15, 0.2) is 48.5 Å². The zero-order chi connectivity index (χ0) is 20.9. The van der Waals surface area contributed by atoms with E-state index < -0.39 is 18.5 Å². The first-order valence-electron chi connectivity index (χ1n) is 8.99. The number of rotatable bonds is 6. The average Bonchev–Trinajstić information content (AvgIpc) is 3.39. The number of nitrogens with one attached hydrogen (secondary N) is 1. The number of fused-ring (bicyclic) bond motifs is 1. The van der Waals surface area contributed by atoms with E-state index in [9.17, 15) is 9.59 Å². The summed E-state index contributed by atoms with van der Waals surface area (Å²) in [5, 5.41) is 13.8. The molecular formula is C20H17N5O5. The molecule has 0 aliphatic carbocycles. The van der Waals surface area contributed by atoms with Crippen LogP contribution in [0.2, 0.25) is 0 Å². The number of carbonyl (C=O) groups excluding carboxylic acids is 2. The van der Waals surface area contributed by atoms with Crippen LogP contribution in [0.5, 0.6) is 11.5 Å². The molecular weight excluding hydrogens is 390 g/mol. The fraction of sp³-hybridized carbons (Fsp3) is 0.150. The third kappa shape index (κ3) is 4.27. The van der Waals surface area contributed by atoms with Crippen molar-refractivity contribution in [2.75, 3.05) is 18.7 Å². The number of benzene rings is 2. The van der Waals surface area contributed by atoms with Gasteiger partial charge in [-0.25, -0.2) is 4.79 Å². The van der Waals surface area contributed by atoms with Gasteiger partial charge >= 0.3 is 5.97 Å². The molecule has 3 aromatic rings. The summed E-state index contributed by atoms with van der Waals surface area (Å²) in [4.78, 5) is 24.9. The van der Waals surface area contributed by atoms with Crippen molar-refractivity contribution in [2.24, 2.45) is 0 Å². The topological polar surface area (TPSA) is 117 Å². The molecule has 1 aliphatic heterocycles. The fourth-order valence-corrected chi connectivity index (χ4v) is 2.74. The monoisotopic (exact) mass is 407 g/mol. The van der Waals surface area contributed by atoms with Gasteiger partial charge in [0.05, 0.1) is 0 Å². The van der Waals surface area contributed by atoms with E-state index in [4.69, 9.17) is 14.2 Å². The van der Waals surface area contributed by atoms with Crippen molar-refractivity contribution < 1.29 is 23.8 Å². The maximum Gasteiger partial charge on any atom is 0.357 e. The van der Waals surface area contributed by atoms with Gasteiger partial charge in [0.1, 0.15) is 0 Å². The van der Waals surface area contributed by atoms with Gasteiger partial charge in [-0.1, -0.05) is 30.3 Å². The van der Waals surface area contributed by atoms with Crippen LogP contribution in [0.4, 0.5) is 5.69 Å². The molecule has 0 unspecified atom stereocenters. The second-order valence-corrected chi connectivity index (χ2v) is 6.27. The third-order valence-corrected chi connectivity index (χ3v) is 4.16. The number of carbonyl (C=O) groups is 2. The Kier molecular flexibility index (Phi) is 5.37. The van der Waals surface area contributed by atoms with Gasteiger partial charge in [-0.3, -0.25) is 4.79 Å². The lowest BCUT2D eigenvalue weighted by molar-refractivity contribution is -0.141. The summed E-state index contributed by atoms with van der Waals surface area (Å²) in [6, 6.07) is 14.1. The summed E-state index contributed by atoms with van der Waals surface area (Å²) in [5.74, 6) is 0.294. The highest BCUT2D eigenvalue weighted by Crippen LogP contribution is 2.34. The molecule has 152 valence electrons. The van der Waals surface area contributed by atoms with E-state index in [1.165, 1.54) is 4.68 Å². The first kappa shape index (κ1) is 19.1. The Morgan fingerprint density at radius 1 is 1.17 bits per heavy atom. The molecule has 2 heterocycles. The second kappa shape index (κ2) is 8.43. The van der Waals surface area contributed by atoms with E-state index in [0.717, 1.165) is 5.56 Å². The number of anilines is 1. The predicted molar refractivity (Wildman–Crippen MR) is 105 cm³/mol. The van der Waals surface area contributed by atoms with Crippen LogP contribution >= 0.6 is 0 Å². The van der Waals surface area contributed by atoms with Crippen molar-refractivity contribution in [3.05, 3.63) is 59.9 Å². The molecule has 1 amide bonds. The van der Waals surface area contributed by atoms with Crippen molar-refractivity contribution in [1.82, 2.24) is 20.2 Å². The van der Waals surface area contributed by atoms with Gasteiger partial charge in [0.25, 0.3) is 5.91 Å². The Labute approximate surface area is 171 Å². The number of esters is 1. The largest absolute Gasteiger partial charge is 0.454 e. The molecule has 0 radical (unpaired) electrons. The quantitative estimate of drug-likeness (QED) is 0.486. The van der Waals surface area contributed by atoms with Crippen LogP contribution in [-0.2, 0) is 14.3 Å². The number of hydrogen-bond donors (Lipinski definition) is 1. The van der Waals surface area contributed by atoms with Crippen molar-refractivity contribution in [1.29, 1.82) is 0 Å². The van der Waals surface area contributed by atoms with Gasteiger partial charge in [0, 0.05) is 11.8 Å². The summed E-state index contributed by atoms with van der Waals surface area (Å²) < 4.78 is 16.9. The van der Waals surface area contributed by atoms with Gasteiger partial charge < -0.3 is 19.5 Å². The minimum Gasteiger partial charge on any atom is -0.454 e. The number of nitrogens with zero attached hydrogens (tertiary/aromatic N) is 4. The number of hydrogen-bond acceptors (Lipinski definition) is 8.